The largest absolute Gasteiger partial charge is 0.480 e. The van der Waals surface area contributed by atoms with Gasteiger partial charge in [-0.1, -0.05) is 168 Å². The minimum Gasteiger partial charge on any atom is -0.480 e. The van der Waals surface area contributed by atoms with Crippen LogP contribution in [0.5, 0.6) is 0 Å². The van der Waals surface area contributed by atoms with E-state index in [0.717, 1.165) is 38.5 Å². The summed E-state index contributed by atoms with van der Waals surface area (Å²) in [5.74, 6) is -2.30. The van der Waals surface area contributed by atoms with E-state index in [1.807, 2.05) is 0 Å². The van der Waals surface area contributed by atoms with Crippen LogP contribution in [0.15, 0.2) is 0 Å². The third-order valence-electron chi connectivity index (χ3n) is 8.38. The van der Waals surface area contributed by atoms with E-state index >= 15 is 0 Å². The van der Waals surface area contributed by atoms with Crippen molar-refractivity contribution >= 4 is 30.3 Å². The lowest BCUT2D eigenvalue weighted by atomic mass is 9.91. The molecule has 0 aliphatic heterocycles. The summed E-state index contributed by atoms with van der Waals surface area (Å²) in [5.41, 5.74) is 0. The molecule has 242 valence electrons. The highest BCUT2D eigenvalue weighted by atomic mass is 32.1. The first-order valence-electron chi connectivity index (χ1n) is 17.6. The summed E-state index contributed by atoms with van der Waals surface area (Å²) in [6.07, 6.45) is 32.0. The molecule has 0 aliphatic carbocycles. The van der Waals surface area contributed by atoms with E-state index in [0.29, 0.717) is 12.8 Å². The maximum Gasteiger partial charge on any atom is 0.327 e. The second kappa shape index (κ2) is 30.4. The summed E-state index contributed by atoms with van der Waals surface area (Å²) in [5, 5.41) is 11.9. The number of carbonyl (C=O) groups is 3. The number of amides is 1. The minimum atomic E-state index is -1.11. The summed E-state index contributed by atoms with van der Waals surface area (Å²) in [4.78, 5) is 37.3. The van der Waals surface area contributed by atoms with Crippen molar-refractivity contribution in [2.24, 2.45) is 5.92 Å². The zero-order valence-electron chi connectivity index (χ0n) is 27.1. The van der Waals surface area contributed by atoms with E-state index in [-0.39, 0.29) is 11.5 Å². The van der Waals surface area contributed by atoms with Crippen LogP contribution in [0.3, 0.4) is 0 Å². The maximum absolute atomic E-state index is 13.0. The van der Waals surface area contributed by atoms with Crippen molar-refractivity contribution in [3.8, 4) is 0 Å². The molecule has 0 heterocycles. The van der Waals surface area contributed by atoms with Gasteiger partial charge in [-0.25, -0.2) is 4.79 Å². The average molecular weight is 598 g/mol. The van der Waals surface area contributed by atoms with Crippen LogP contribution in [0, 0.1) is 5.92 Å². The van der Waals surface area contributed by atoms with Crippen molar-refractivity contribution in [1.29, 1.82) is 0 Å². The van der Waals surface area contributed by atoms with Gasteiger partial charge in [0.15, 0.2) is 0 Å². The molecule has 0 radical (unpaired) electrons. The highest BCUT2D eigenvalue weighted by Crippen LogP contribution is 2.19. The standard InChI is InChI=1S/C35H67NO4S/c1-3-5-7-9-11-13-15-17-19-21-23-25-27-29-33(37)31(34(38)36-32(30-41)35(39)40)28-26-24-22-20-18-16-14-12-10-8-6-4-2/h31-32,41H,3-30H2,1-2H3,(H,36,38)(H,39,40)/t31?,32-/m0/s1. The van der Waals surface area contributed by atoms with Crippen molar-refractivity contribution in [3.05, 3.63) is 0 Å². The monoisotopic (exact) mass is 597 g/mol. The molecule has 0 aromatic carbocycles. The smallest absolute Gasteiger partial charge is 0.327 e. The number of ketones is 1. The van der Waals surface area contributed by atoms with E-state index in [9.17, 15) is 19.5 Å². The molecule has 1 amide bonds. The molecule has 0 aromatic rings. The molecule has 0 aromatic heterocycles. The van der Waals surface area contributed by atoms with E-state index in [1.54, 1.807) is 0 Å². The van der Waals surface area contributed by atoms with Crippen LogP contribution in [0.2, 0.25) is 0 Å². The number of carboxylic acids is 1. The van der Waals surface area contributed by atoms with Gasteiger partial charge in [-0.3, -0.25) is 9.59 Å². The Balaban J connectivity index is 4.22. The van der Waals surface area contributed by atoms with E-state index in [1.165, 1.54) is 122 Å². The third kappa shape index (κ3) is 25.2. The Bertz CT molecular complexity index is 627. The van der Waals surface area contributed by atoms with Gasteiger partial charge in [0.1, 0.15) is 11.8 Å². The Morgan fingerprint density at radius 3 is 1.24 bits per heavy atom. The Kier molecular flexibility index (Phi) is 29.6. The number of thiol groups is 1. The Hall–Kier alpha value is -1.04. The molecule has 0 fully saturated rings. The van der Waals surface area contributed by atoms with Gasteiger partial charge in [0.25, 0.3) is 0 Å². The zero-order valence-corrected chi connectivity index (χ0v) is 28.0. The van der Waals surface area contributed by atoms with Gasteiger partial charge in [0.2, 0.25) is 5.91 Å². The number of nitrogens with one attached hydrogen (secondary N) is 1. The summed E-state index contributed by atoms with van der Waals surface area (Å²) in [7, 11) is 0. The fourth-order valence-electron chi connectivity index (χ4n) is 5.58. The number of carboxylic acid groups (broad SMARTS) is 1. The number of unbranched alkanes of at least 4 members (excludes halogenated alkanes) is 23. The van der Waals surface area contributed by atoms with Crippen LogP contribution in [-0.2, 0) is 14.4 Å². The van der Waals surface area contributed by atoms with Crippen molar-refractivity contribution in [2.45, 2.75) is 193 Å². The summed E-state index contributed by atoms with van der Waals surface area (Å²) in [6, 6.07) is -1.06. The fourth-order valence-corrected chi connectivity index (χ4v) is 5.82. The molecule has 0 spiro atoms. The molecule has 0 saturated carbocycles. The first kappa shape index (κ1) is 40.0. The predicted octanol–water partition coefficient (Wildman–Crippen LogP) is 10.2. The summed E-state index contributed by atoms with van der Waals surface area (Å²) < 4.78 is 0. The first-order chi connectivity index (χ1) is 20.0. The minimum absolute atomic E-state index is 0.0133. The molecule has 1 unspecified atom stereocenters. The van der Waals surface area contributed by atoms with Crippen LogP contribution >= 0.6 is 12.6 Å². The maximum atomic E-state index is 13.0. The average Bonchev–Trinajstić information content (AvgIpc) is 2.96. The third-order valence-corrected chi connectivity index (χ3v) is 8.74. The summed E-state index contributed by atoms with van der Waals surface area (Å²) in [6.45, 7) is 4.51. The number of rotatable bonds is 32. The van der Waals surface area contributed by atoms with Gasteiger partial charge < -0.3 is 10.4 Å². The van der Waals surface area contributed by atoms with Crippen LogP contribution in [-0.4, -0.2) is 34.6 Å². The van der Waals surface area contributed by atoms with E-state index < -0.39 is 23.8 Å². The first-order valence-corrected chi connectivity index (χ1v) is 18.3. The van der Waals surface area contributed by atoms with Crippen molar-refractivity contribution < 1.29 is 19.5 Å². The fraction of sp³-hybridized carbons (Fsp3) is 0.914. The molecule has 6 heteroatoms. The quantitative estimate of drug-likeness (QED) is 0.0409. The second-order valence-electron chi connectivity index (χ2n) is 12.3. The van der Waals surface area contributed by atoms with Gasteiger partial charge in [-0.05, 0) is 12.8 Å². The molecule has 0 bridgehead atoms. The Morgan fingerprint density at radius 2 is 0.902 bits per heavy atom. The number of carbonyl (C=O) groups excluding carboxylic acids is 2. The summed E-state index contributed by atoms with van der Waals surface area (Å²) >= 11 is 4.06. The molecule has 2 N–H and O–H groups in total. The van der Waals surface area contributed by atoms with Crippen molar-refractivity contribution in [1.82, 2.24) is 5.32 Å². The van der Waals surface area contributed by atoms with Crippen molar-refractivity contribution in [3.63, 3.8) is 0 Å². The Labute approximate surface area is 259 Å². The predicted molar refractivity (Wildman–Crippen MR) is 178 cm³/mol. The zero-order chi connectivity index (χ0) is 30.4. The lowest BCUT2D eigenvalue weighted by Gasteiger charge is -2.19. The second-order valence-corrected chi connectivity index (χ2v) is 12.6. The molecule has 0 saturated heterocycles. The normalized spacial score (nSPS) is 12.8. The molecular weight excluding hydrogens is 530 g/mol. The lowest BCUT2D eigenvalue weighted by molar-refractivity contribution is -0.143. The van der Waals surface area contributed by atoms with Gasteiger partial charge in [-0.15, -0.1) is 0 Å². The van der Waals surface area contributed by atoms with Crippen LogP contribution in [0.1, 0.15) is 187 Å². The topological polar surface area (TPSA) is 83.5 Å². The van der Waals surface area contributed by atoms with Crippen LogP contribution in [0.25, 0.3) is 0 Å². The molecular formula is C35H67NO4S. The van der Waals surface area contributed by atoms with Crippen LogP contribution in [0.4, 0.5) is 0 Å². The van der Waals surface area contributed by atoms with E-state index in [4.69, 9.17) is 0 Å². The van der Waals surface area contributed by atoms with Gasteiger partial charge >= 0.3 is 5.97 Å². The van der Waals surface area contributed by atoms with Gasteiger partial charge in [-0.2, -0.15) is 12.6 Å². The highest BCUT2D eigenvalue weighted by Gasteiger charge is 2.29. The number of hydrogen-bond donors (Lipinski definition) is 3. The molecule has 2 atom stereocenters. The lowest BCUT2D eigenvalue weighted by Crippen LogP contribution is -2.46. The number of aliphatic carboxylic acids is 1. The molecule has 0 rings (SSSR count). The number of hydrogen-bond acceptors (Lipinski definition) is 4. The number of Topliss-reactive ketones (excluding diaryl/α,β-unsaturated/α-hetero) is 1. The SMILES string of the molecule is CCCCCCCCCCCCCCCC(=O)C(CCCCCCCCCCCCCC)C(=O)N[C@@H](CS)C(=O)O. The van der Waals surface area contributed by atoms with E-state index in [2.05, 4.69) is 31.8 Å². The highest BCUT2D eigenvalue weighted by molar-refractivity contribution is 7.80. The van der Waals surface area contributed by atoms with Gasteiger partial charge in [0, 0.05) is 12.2 Å². The Morgan fingerprint density at radius 1 is 0.561 bits per heavy atom. The molecule has 0 aliphatic rings. The molecule has 5 nitrogen and oxygen atoms in total. The van der Waals surface area contributed by atoms with Crippen LogP contribution < -0.4 is 5.32 Å². The van der Waals surface area contributed by atoms with Gasteiger partial charge in [0.05, 0.1) is 5.92 Å². The molecule has 41 heavy (non-hydrogen) atoms. The van der Waals surface area contributed by atoms with Crippen molar-refractivity contribution in [2.75, 3.05) is 5.75 Å².